The van der Waals surface area contributed by atoms with E-state index in [2.05, 4.69) is 23.8 Å². The molecule has 0 spiro atoms. The van der Waals surface area contributed by atoms with Crippen LogP contribution in [-0.4, -0.2) is 22.7 Å². The molecule has 2 aromatic rings. The normalized spacial score (nSPS) is 12.1. The Labute approximate surface area is 193 Å². The number of hydrogen-bond donors (Lipinski definition) is 0. The van der Waals surface area contributed by atoms with Gasteiger partial charge in [-0.2, -0.15) is 0 Å². The molecule has 178 valence electrons. The summed E-state index contributed by atoms with van der Waals surface area (Å²) in [6.45, 7) is 4.56. The summed E-state index contributed by atoms with van der Waals surface area (Å²) in [5.74, 6) is 0.171. The number of halogens is 2. The van der Waals surface area contributed by atoms with E-state index < -0.39 is 12.0 Å². The van der Waals surface area contributed by atoms with Crippen molar-refractivity contribution in [3.8, 4) is 17.1 Å². The van der Waals surface area contributed by atoms with Gasteiger partial charge in [-0.1, -0.05) is 71.6 Å². The third-order valence-electron chi connectivity index (χ3n) is 5.77. The molecular weight excluding hydrogens is 406 g/mol. The smallest absolute Gasteiger partial charge is 0.165 e. The molecule has 0 fully saturated rings. The second kappa shape index (κ2) is 15.7. The highest BCUT2D eigenvalue weighted by Gasteiger charge is 2.11. The molecule has 1 heterocycles. The van der Waals surface area contributed by atoms with E-state index in [-0.39, 0.29) is 12.4 Å². The number of ether oxygens (including phenoxy) is 1. The lowest BCUT2D eigenvalue weighted by Gasteiger charge is -2.11. The molecule has 3 nitrogen and oxygen atoms in total. The molecule has 0 bridgehead atoms. The van der Waals surface area contributed by atoms with Crippen molar-refractivity contribution in [3.63, 3.8) is 0 Å². The quantitative estimate of drug-likeness (QED) is 0.229. The zero-order valence-corrected chi connectivity index (χ0v) is 19.9. The summed E-state index contributed by atoms with van der Waals surface area (Å²) in [5.41, 5.74) is 1.71. The predicted molar refractivity (Wildman–Crippen MR) is 128 cm³/mol. The third-order valence-corrected chi connectivity index (χ3v) is 5.77. The second-order valence-corrected chi connectivity index (χ2v) is 8.66. The summed E-state index contributed by atoms with van der Waals surface area (Å²) in [7, 11) is 0. The number of hydrogen-bond acceptors (Lipinski definition) is 3. The first-order valence-electron chi connectivity index (χ1n) is 12.5. The molecule has 1 aromatic heterocycles. The van der Waals surface area contributed by atoms with E-state index in [0.717, 1.165) is 31.2 Å². The molecule has 0 aliphatic rings. The molecule has 1 unspecified atom stereocenters. The summed E-state index contributed by atoms with van der Waals surface area (Å²) in [6.07, 6.45) is 16.3. The first-order chi connectivity index (χ1) is 15.6. The fourth-order valence-corrected chi connectivity index (χ4v) is 3.73. The van der Waals surface area contributed by atoms with Gasteiger partial charge in [0.25, 0.3) is 0 Å². The third kappa shape index (κ3) is 10.1. The molecular formula is C27H40F2N2O. The van der Waals surface area contributed by atoms with Crippen LogP contribution in [-0.2, 0) is 6.42 Å². The Bertz CT molecular complexity index is 752. The molecule has 0 saturated carbocycles. The average Bonchev–Trinajstić information content (AvgIpc) is 2.80. The van der Waals surface area contributed by atoms with Crippen LogP contribution >= 0.6 is 0 Å². The average molecular weight is 447 g/mol. The van der Waals surface area contributed by atoms with Crippen LogP contribution in [0.25, 0.3) is 11.4 Å². The highest BCUT2D eigenvalue weighted by Crippen LogP contribution is 2.24. The largest absolute Gasteiger partial charge is 0.490 e. The Morgan fingerprint density at radius 3 is 2.19 bits per heavy atom. The number of alkyl halides is 1. The summed E-state index contributed by atoms with van der Waals surface area (Å²) >= 11 is 0. The van der Waals surface area contributed by atoms with Crippen LogP contribution in [0.15, 0.2) is 30.6 Å². The fourth-order valence-electron chi connectivity index (χ4n) is 3.73. The molecule has 32 heavy (non-hydrogen) atoms. The van der Waals surface area contributed by atoms with Crippen molar-refractivity contribution in [2.45, 2.75) is 103 Å². The van der Waals surface area contributed by atoms with Crippen LogP contribution < -0.4 is 4.74 Å². The van der Waals surface area contributed by atoms with Gasteiger partial charge in [-0.15, -0.1) is 0 Å². The van der Waals surface area contributed by atoms with Crippen LogP contribution in [0.5, 0.6) is 5.75 Å². The Morgan fingerprint density at radius 1 is 0.844 bits per heavy atom. The van der Waals surface area contributed by atoms with Crippen molar-refractivity contribution in [2.24, 2.45) is 0 Å². The van der Waals surface area contributed by atoms with Crippen LogP contribution in [0.3, 0.4) is 0 Å². The number of aromatic nitrogens is 2. The first kappa shape index (κ1) is 26.2. The van der Waals surface area contributed by atoms with Gasteiger partial charge in [-0.05, 0) is 43.0 Å². The number of aryl methyl sites for hydroxylation is 1. The monoisotopic (exact) mass is 446 g/mol. The molecule has 2 rings (SSSR count). The van der Waals surface area contributed by atoms with Gasteiger partial charge < -0.3 is 4.74 Å². The summed E-state index contributed by atoms with van der Waals surface area (Å²) in [5, 5.41) is 0. The summed E-state index contributed by atoms with van der Waals surface area (Å²) in [6, 6.07) is 4.71. The van der Waals surface area contributed by atoms with Gasteiger partial charge >= 0.3 is 0 Å². The van der Waals surface area contributed by atoms with E-state index in [9.17, 15) is 8.78 Å². The maximum Gasteiger partial charge on any atom is 0.165 e. The minimum absolute atomic E-state index is 0.146. The van der Waals surface area contributed by atoms with Crippen molar-refractivity contribution < 1.29 is 13.5 Å². The van der Waals surface area contributed by atoms with Gasteiger partial charge in [-0.25, -0.2) is 18.7 Å². The fraction of sp³-hybridized carbons (Fsp3) is 0.630. The lowest BCUT2D eigenvalue weighted by atomic mass is 10.1. The van der Waals surface area contributed by atoms with Gasteiger partial charge in [0, 0.05) is 24.4 Å². The number of benzene rings is 1. The highest BCUT2D eigenvalue weighted by atomic mass is 19.1. The SMILES string of the molecule is CCCCCCCCC(F)CCOc1ccc(-c2ncc(CCCCCC)cn2)cc1F. The highest BCUT2D eigenvalue weighted by molar-refractivity contribution is 5.56. The molecule has 5 heteroatoms. The second-order valence-electron chi connectivity index (χ2n) is 8.66. The van der Waals surface area contributed by atoms with Gasteiger partial charge in [0.2, 0.25) is 0 Å². The predicted octanol–water partition coefficient (Wildman–Crippen LogP) is 8.26. The lowest BCUT2D eigenvalue weighted by molar-refractivity contribution is 0.217. The van der Waals surface area contributed by atoms with Crippen molar-refractivity contribution in [1.82, 2.24) is 9.97 Å². The number of unbranched alkanes of at least 4 members (excludes halogenated alkanes) is 8. The van der Waals surface area contributed by atoms with Crippen molar-refractivity contribution in [2.75, 3.05) is 6.61 Å². The minimum atomic E-state index is -0.891. The maximum atomic E-state index is 14.5. The molecule has 0 aliphatic carbocycles. The van der Waals surface area contributed by atoms with Crippen molar-refractivity contribution >= 4 is 0 Å². The van der Waals surface area contributed by atoms with Crippen molar-refractivity contribution in [1.29, 1.82) is 0 Å². The van der Waals surface area contributed by atoms with Crippen LogP contribution in [0.4, 0.5) is 8.78 Å². The molecule has 0 radical (unpaired) electrons. The molecule has 0 N–H and O–H groups in total. The molecule has 0 saturated heterocycles. The zero-order valence-electron chi connectivity index (χ0n) is 19.9. The van der Waals surface area contributed by atoms with Crippen LogP contribution in [0.2, 0.25) is 0 Å². The Hall–Kier alpha value is -2.04. The molecule has 0 aliphatic heterocycles. The lowest BCUT2D eigenvalue weighted by Crippen LogP contribution is -2.08. The standard InChI is InChI=1S/C27H40F2N2O/c1-3-5-7-9-10-12-14-24(28)17-18-32-26-16-15-23(19-25(26)29)27-30-20-22(21-31-27)13-11-8-6-4-2/h15-16,19-21,24H,3-14,17-18H2,1-2H3. The van der Waals surface area contributed by atoms with E-state index in [4.69, 9.17) is 4.74 Å². The van der Waals surface area contributed by atoms with Gasteiger partial charge in [0.05, 0.1) is 6.61 Å². The van der Waals surface area contributed by atoms with Crippen LogP contribution in [0.1, 0.15) is 96.5 Å². The Kier molecular flexibility index (Phi) is 12.9. The number of rotatable bonds is 17. The van der Waals surface area contributed by atoms with Gasteiger partial charge in [0.1, 0.15) is 6.17 Å². The van der Waals surface area contributed by atoms with Gasteiger partial charge in [-0.3, -0.25) is 0 Å². The maximum absolute atomic E-state index is 14.5. The summed E-state index contributed by atoms with van der Waals surface area (Å²) in [4.78, 5) is 8.78. The van der Waals surface area contributed by atoms with E-state index in [1.165, 1.54) is 51.0 Å². The Balaban J connectivity index is 1.73. The molecule has 1 aromatic carbocycles. The number of nitrogens with zero attached hydrogens (tertiary/aromatic N) is 2. The van der Waals surface area contributed by atoms with Gasteiger partial charge in [0.15, 0.2) is 17.4 Å². The van der Waals surface area contributed by atoms with Crippen molar-refractivity contribution in [3.05, 3.63) is 42.0 Å². The summed E-state index contributed by atoms with van der Waals surface area (Å²) < 4.78 is 34.0. The minimum Gasteiger partial charge on any atom is -0.490 e. The van der Waals surface area contributed by atoms with E-state index in [1.54, 1.807) is 12.1 Å². The first-order valence-corrected chi connectivity index (χ1v) is 12.5. The van der Waals surface area contributed by atoms with Crippen LogP contribution in [0, 0.1) is 5.82 Å². The zero-order chi connectivity index (χ0) is 23.0. The topological polar surface area (TPSA) is 35.0 Å². The van der Waals surface area contributed by atoms with E-state index in [1.807, 2.05) is 12.4 Å². The van der Waals surface area contributed by atoms with E-state index >= 15 is 0 Å². The molecule has 1 atom stereocenters. The van der Waals surface area contributed by atoms with E-state index in [0.29, 0.717) is 24.2 Å². The Morgan fingerprint density at radius 2 is 1.50 bits per heavy atom. The molecule has 0 amide bonds.